The van der Waals surface area contributed by atoms with Gasteiger partial charge in [0.1, 0.15) is 5.75 Å². The second-order valence-corrected chi connectivity index (χ2v) is 6.83. The molecule has 0 heterocycles. The zero-order valence-corrected chi connectivity index (χ0v) is 17.0. The predicted molar refractivity (Wildman–Crippen MR) is 116 cm³/mol. The molecule has 0 aliphatic rings. The fourth-order valence-corrected chi connectivity index (χ4v) is 2.94. The Balaban J connectivity index is 1.60. The summed E-state index contributed by atoms with van der Waals surface area (Å²) in [6.45, 7) is -0.0405. The van der Waals surface area contributed by atoms with E-state index in [2.05, 4.69) is 10.6 Å². The van der Waals surface area contributed by atoms with Crippen LogP contribution in [0.3, 0.4) is 0 Å². The van der Waals surface area contributed by atoms with Gasteiger partial charge in [0, 0.05) is 18.7 Å². The molecule has 3 aromatic rings. The Morgan fingerprint density at radius 2 is 1.71 bits per heavy atom. The van der Waals surface area contributed by atoms with Gasteiger partial charge in [0.2, 0.25) is 0 Å². The number of hydrogen-bond acceptors (Lipinski definition) is 5. The summed E-state index contributed by atoms with van der Waals surface area (Å²) in [6.07, 6.45) is 0. The Labute approximate surface area is 182 Å². The van der Waals surface area contributed by atoms with E-state index in [-0.39, 0.29) is 22.4 Å². The number of para-hydroxylation sites is 1. The van der Waals surface area contributed by atoms with Crippen LogP contribution < -0.4 is 15.4 Å². The lowest BCUT2D eigenvalue weighted by molar-refractivity contribution is -0.384. The summed E-state index contributed by atoms with van der Waals surface area (Å²) >= 11 is 5.96. The van der Waals surface area contributed by atoms with Gasteiger partial charge in [0.15, 0.2) is 6.61 Å². The topological polar surface area (TPSA) is 111 Å². The van der Waals surface area contributed by atoms with Gasteiger partial charge in [-0.05, 0) is 23.8 Å². The molecule has 0 spiro atoms. The minimum Gasteiger partial charge on any atom is -0.482 e. The van der Waals surface area contributed by atoms with E-state index in [1.165, 1.54) is 12.1 Å². The number of benzene rings is 3. The number of hydrogen-bond donors (Lipinski definition) is 2. The number of rotatable bonds is 8. The van der Waals surface area contributed by atoms with Gasteiger partial charge in [-0.2, -0.15) is 0 Å². The number of amides is 2. The minimum absolute atomic E-state index is 0.0164. The van der Waals surface area contributed by atoms with Gasteiger partial charge < -0.3 is 15.4 Å². The molecule has 0 bridgehead atoms. The SMILES string of the molecule is O=C(COc1ccc([N+](=O)[O-])cc1Cl)Nc1ccccc1C(=O)NCc1ccccc1. The average molecular weight is 440 g/mol. The second-order valence-electron chi connectivity index (χ2n) is 6.42. The molecule has 3 aromatic carbocycles. The van der Waals surface area contributed by atoms with Crippen LogP contribution in [-0.2, 0) is 11.3 Å². The van der Waals surface area contributed by atoms with Crippen LogP contribution in [0.25, 0.3) is 0 Å². The van der Waals surface area contributed by atoms with Crippen LogP contribution in [0.5, 0.6) is 5.75 Å². The zero-order chi connectivity index (χ0) is 22.2. The second kappa shape index (κ2) is 10.2. The third kappa shape index (κ3) is 6.03. The summed E-state index contributed by atoms with van der Waals surface area (Å²) in [4.78, 5) is 35.0. The van der Waals surface area contributed by atoms with Gasteiger partial charge in [-0.15, -0.1) is 0 Å². The van der Waals surface area contributed by atoms with Crippen molar-refractivity contribution in [1.82, 2.24) is 5.32 Å². The van der Waals surface area contributed by atoms with Gasteiger partial charge in [-0.25, -0.2) is 0 Å². The Hall–Kier alpha value is -3.91. The van der Waals surface area contributed by atoms with Gasteiger partial charge in [0.25, 0.3) is 17.5 Å². The largest absolute Gasteiger partial charge is 0.482 e. The number of nitrogens with one attached hydrogen (secondary N) is 2. The van der Waals surface area contributed by atoms with Crippen LogP contribution in [0, 0.1) is 10.1 Å². The third-order valence-electron chi connectivity index (χ3n) is 4.23. The maximum atomic E-state index is 12.6. The van der Waals surface area contributed by atoms with E-state index in [4.69, 9.17) is 16.3 Å². The highest BCUT2D eigenvalue weighted by atomic mass is 35.5. The third-order valence-corrected chi connectivity index (χ3v) is 4.52. The molecule has 3 rings (SSSR count). The first-order chi connectivity index (χ1) is 14.9. The molecule has 8 nitrogen and oxygen atoms in total. The fraction of sp³-hybridized carbons (Fsp3) is 0.0909. The molecular formula is C22H18ClN3O5. The molecule has 0 saturated carbocycles. The van der Waals surface area contributed by atoms with Gasteiger partial charge >= 0.3 is 0 Å². The number of nitro benzene ring substituents is 1. The number of anilines is 1. The van der Waals surface area contributed by atoms with E-state index in [9.17, 15) is 19.7 Å². The van der Waals surface area contributed by atoms with Crippen molar-refractivity contribution in [1.29, 1.82) is 0 Å². The average Bonchev–Trinajstić information content (AvgIpc) is 2.77. The van der Waals surface area contributed by atoms with Crippen molar-refractivity contribution in [2.75, 3.05) is 11.9 Å². The van der Waals surface area contributed by atoms with E-state index in [1.807, 2.05) is 30.3 Å². The Morgan fingerprint density at radius 3 is 2.42 bits per heavy atom. The number of ether oxygens (including phenoxy) is 1. The van der Waals surface area contributed by atoms with Crippen LogP contribution in [0.1, 0.15) is 15.9 Å². The fourth-order valence-electron chi connectivity index (χ4n) is 2.71. The molecule has 2 amide bonds. The molecule has 31 heavy (non-hydrogen) atoms. The van der Waals surface area contributed by atoms with Gasteiger partial charge in [0.05, 0.1) is 21.2 Å². The highest BCUT2D eigenvalue weighted by molar-refractivity contribution is 6.32. The standard InChI is InChI=1S/C22H18ClN3O5/c23-18-12-16(26(29)30)10-11-20(18)31-14-21(27)25-19-9-5-4-8-17(19)22(28)24-13-15-6-2-1-3-7-15/h1-12H,13-14H2,(H,24,28)(H,25,27). The Bertz CT molecular complexity index is 1110. The number of carbonyl (C=O) groups is 2. The van der Waals surface area contributed by atoms with Crippen molar-refractivity contribution in [3.8, 4) is 5.75 Å². The number of halogens is 1. The number of carbonyl (C=O) groups excluding carboxylic acids is 2. The first kappa shape index (κ1) is 21.8. The van der Waals surface area contributed by atoms with E-state index >= 15 is 0 Å². The minimum atomic E-state index is -0.581. The van der Waals surface area contributed by atoms with E-state index in [0.29, 0.717) is 17.8 Å². The van der Waals surface area contributed by atoms with Gasteiger partial charge in [-0.1, -0.05) is 54.1 Å². The van der Waals surface area contributed by atoms with Crippen molar-refractivity contribution >= 4 is 34.8 Å². The molecule has 0 aromatic heterocycles. The Morgan fingerprint density at radius 1 is 1.00 bits per heavy atom. The molecule has 0 radical (unpaired) electrons. The molecule has 2 N–H and O–H groups in total. The molecule has 0 saturated heterocycles. The Kier molecular flexibility index (Phi) is 7.18. The van der Waals surface area contributed by atoms with Crippen molar-refractivity contribution in [3.05, 3.63) is 99.1 Å². The highest BCUT2D eigenvalue weighted by Gasteiger charge is 2.15. The van der Waals surface area contributed by atoms with E-state index in [0.717, 1.165) is 11.6 Å². The summed E-state index contributed by atoms with van der Waals surface area (Å²) < 4.78 is 5.34. The van der Waals surface area contributed by atoms with Crippen molar-refractivity contribution < 1.29 is 19.2 Å². The van der Waals surface area contributed by atoms with Crippen LogP contribution >= 0.6 is 11.6 Å². The number of nitro groups is 1. The highest BCUT2D eigenvalue weighted by Crippen LogP contribution is 2.28. The van der Waals surface area contributed by atoms with Crippen LogP contribution in [0.4, 0.5) is 11.4 Å². The lowest BCUT2D eigenvalue weighted by atomic mass is 10.1. The first-order valence-electron chi connectivity index (χ1n) is 9.22. The van der Waals surface area contributed by atoms with Crippen LogP contribution in [-0.4, -0.2) is 23.3 Å². The zero-order valence-electron chi connectivity index (χ0n) is 16.2. The van der Waals surface area contributed by atoms with Crippen molar-refractivity contribution in [3.63, 3.8) is 0 Å². The number of non-ortho nitro benzene ring substituents is 1. The summed E-state index contributed by atoms with van der Waals surface area (Å²) in [5.41, 5.74) is 1.40. The summed E-state index contributed by atoms with van der Waals surface area (Å²) in [5.74, 6) is -0.715. The first-order valence-corrected chi connectivity index (χ1v) is 9.59. The molecule has 0 aliphatic carbocycles. The monoisotopic (exact) mass is 439 g/mol. The summed E-state index contributed by atoms with van der Waals surface area (Å²) in [7, 11) is 0. The smallest absolute Gasteiger partial charge is 0.271 e. The number of nitrogens with zero attached hydrogens (tertiary/aromatic N) is 1. The van der Waals surface area contributed by atoms with Crippen LogP contribution in [0.15, 0.2) is 72.8 Å². The molecule has 0 unspecified atom stereocenters. The normalized spacial score (nSPS) is 10.2. The van der Waals surface area contributed by atoms with Crippen LogP contribution in [0.2, 0.25) is 5.02 Å². The maximum Gasteiger partial charge on any atom is 0.271 e. The summed E-state index contributed by atoms with van der Waals surface area (Å²) in [6, 6.07) is 19.7. The lowest BCUT2D eigenvalue weighted by Crippen LogP contribution is -2.26. The maximum absolute atomic E-state index is 12.6. The van der Waals surface area contributed by atoms with Gasteiger partial charge in [-0.3, -0.25) is 19.7 Å². The predicted octanol–water partition coefficient (Wildman–Crippen LogP) is 4.20. The molecule has 158 valence electrons. The molecule has 0 fully saturated rings. The quantitative estimate of drug-likeness (QED) is 0.403. The molecule has 0 atom stereocenters. The summed E-state index contributed by atoms with van der Waals surface area (Å²) in [5, 5.41) is 16.2. The molecular weight excluding hydrogens is 422 g/mol. The van der Waals surface area contributed by atoms with E-state index in [1.54, 1.807) is 24.3 Å². The molecule has 0 aliphatic heterocycles. The lowest BCUT2D eigenvalue weighted by Gasteiger charge is -2.12. The molecule has 9 heteroatoms. The van der Waals surface area contributed by atoms with Crippen molar-refractivity contribution in [2.45, 2.75) is 6.54 Å². The van der Waals surface area contributed by atoms with Crippen molar-refractivity contribution in [2.24, 2.45) is 0 Å². The van der Waals surface area contributed by atoms with E-state index < -0.39 is 17.4 Å².